The predicted octanol–water partition coefficient (Wildman–Crippen LogP) is 3.73. The first kappa shape index (κ1) is 14.4. The smallest absolute Gasteiger partial charge is 0.326 e. The average molecular weight is 328 g/mol. The van der Waals surface area contributed by atoms with Gasteiger partial charge in [0.15, 0.2) is 0 Å². The van der Waals surface area contributed by atoms with Crippen LogP contribution < -0.4 is 5.32 Å². The molecule has 0 bridgehead atoms. The molecule has 0 aliphatic carbocycles. The average Bonchev–Trinajstić information content (AvgIpc) is 2.19. The number of alkyl halides is 3. The van der Waals surface area contributed by atoms with Crippen molar-refractivity contribution >= 4 is 40.2 Å². The molecule has 17 heavy (non-hydrogen) atoms. The molecule has 1 aromatic rings. The van der Waals surface area contributed by atoms with Crippen LogP contribution in [-0.4, -0.2) is 11.7 Å². The molecule has 0 atom stereocenters. The number of anilines is 1. The minimum absolute atomic E-state index is 0.0582. The fourth-order valence-corrected chi connectivity index (χ4v) is 1.82. The highest BCUT2D eigenvalue weighted by atomic mass is 79.9. The van der Waals surface area contributed by atoms with E-state index in [0.29, 0.717) is 5.75 Å². The van der Waals surface area contributed by atoms with Crippen LogP contribution in [0.15, 0.2) is 22.7 Å². The summed E-state index contributed by atoms with van der Waals surface area (Å²) in [5.74, 6) is -0.0236. The molecule has 0 saturated heterocycles. The number of amides is 1. The van der Waals surface area contributed by atoms with Gasteiger partial charge < -0.3 is 5.32 Å². The summed E-state index contributed by atoms with van der Waals surface area (Å²) in [5, 5.41) is 2.37. The van der Waals surface area contributed by atoms with Crippen LogP contribution in [0, 0.1) is 0 Å². The maximum absolute atomic E-state index is 12.6. The molecule has 2 nitrogen and oxygen atoms in total. The second-order valence-electron chi connectivity index (χ2n) is 3.21. The van der Waals surface area contributed by atoms with Gasteiger partial charge in [0.25, 0.3) is 0 Å². The Bertz CT molecular complexity index is 423. The van der Waals surface area contributed by atoms with Crippen LogP contribution in [-0.2, 0) is 11.0 Å². The van der Waals surface area contributed by atoms with E-state index in [1.165, 1.54) is 12.1 Å². The van der Waals surface area contributed by atoms with Crippen LogP contribution in [0.3, 0.4) is 0 Å². The van der Waals surface area contributed by atoms with Gasteiger partial charge in [0.05, 0.1) is 5.56 Å². The largest absolute Gasteiger partial charge is 0.417 e. The van der Waals surface area contributed by atoms with Gasteiger partial charge in [-0.05, 0) is 24.0 Å². The van der Waals surface area contributed by atoms with Gasteiger partial charge in [-0.15, -0.1) is 0 Å². The fraction of sp³-hybridized carbons (Fsp3) is 0.300. The number of thiol groups is 1. The lowest BCUT2D eigenvalue weighted by Crippen LogP contribution is -2.13. The molecule has 0 saturated carbocycles. The number of nitrogens with one attached hydrogen (secondary N) is 1. The van der Waals surface area contributed by atoms with Crippen molar-refractivity contribution in [3.63, 3.8) is 0 Å². The molecule has 1 N–H and O–H groups in total. The van der Waals surface area contributed by atoms with E-state index in [1.807, 2.05) is 0 Å². The van der Waals surface area contributed by atoms with E-state index < -0.39 is 11.7 Å². The highest BCUT2D eigenvalue weighted by Crippen LogP contribution is 2.36. The van der Waals surface area contributed by atoms with E-state index in [1.54, 1.807) is 0 Å². The van der Waals surface area contributed by atoms with E-state index >= 15 is 0 Å². The number of halogens is 4. The Balaban J connectivity index is 2.93. The Morgan fingerprint density at radius 2 is 2.06 bits per heavy atom. The Hall–Kier alpha value is -0.690. The highest BCUT2D eigenvalue weighted by Gasteiger charge is 2.33. The summed E-state index contributed by atoms with van der Waals surface area (Å²) >= 11 is 6.68. The molecule has 94 valence electrons. The van der Waals surface area contributed by atoms with Gasteiger partial charge in [0.2, 0.25) is 5.91 Å². The molecule has 7 heteroatoms. The van der Waals surface area contributed by atoms with Crippen LogP contribution >= 0.6 is 28.6 Å². The third-order valence-corrected chi connectivity index (χ3v) is 2.81. The van der Waals surface area contributed by atoms with E-state index in [2.05, 4.69) is 33.9 Å². The zero-order valence-electron chi connectivity index (χ0n) is 8.51. The number of carbonyl (C=O) groups is 1. The lowest BCUT2D eigenvalue weighted by molar-refractivity contribution is -0.138. The van der Waals surface area contributed by atoms with Crippen molar-refractivity contribution in [1.82, 2.24) is 0 Å². The molecule has 0 radical (unpaired) electrons. The molecule has 1 aromatic carbocycles. The second-order valence-corrected chi connectivity index (χ2v) is 4.52. The molecule has 0 aliphatic rings. The van der Waals surface area contributed by atoms with Gasteiger partial charge in [-0.25, -0.2) is 0 Å². The predicted molar refractivity (Wildman–Crippen MR) is 66.2 cm³/mol. The molecule has 0 fully saturated rings. The molecule has 1 amide bonds. The first-order chi connectivity index (χ1) is 7.84. The van der Waals surface area contributed by atoms with Crippen molar-refractivity contribution in [3.8, 4) is 0 Å². The number of rotatable bonds is 3. The van der Waals surface area contributed by atoms with Crippen LogP contribution in [0.1, 0.15) is 12.0 Å². The molecule has 0 aromatic heterocycles. The molecule has 0 heterocycles. The quantitative estimate of drug-likeness (QED) is 0.814. The van der Waals surface area contributed by atoms with Crippen molar-refractivity contribution in [2.45, 2.75) is 12.6 Å². The Kier molecular flexibility index (Phi) is 4.88. The van der Waals surface area contributed by atoms with Crippen molar-refractivity contribution in [3.05, 3.63) is 28.2 Å². The summed E-state index contributed by atoms with van der Waals surface area (Å²) in [6.45, 7) is 0. The van der Waals surface area contributed by atoms with E-state index in [4.69, 9.17) is 0 Å². The van der Waals surface area contributed by atoms with E-state index in [-0.39, 0.29) is 22.5 Å². The molecular formula is C10H9BrF3NOS. The van der Waals surface area contributed by atoms with Gasteiger partial charge in [0, 0.05) is 16.6 Å². The molecule has 0 aliphatic heterocycles. The maximum atomic E-state index is 12.6. The highest BCUT2D eigenvalue weighted by molar-refractivity contribution is 9.10. The monoisotopic (exact) mass is 327 g/mol. The van der Waals surface area contributed by atoms with Gasteiger partial charge in [-0.3, -0.25) is 4.79 Å². The van der Waals surface area contributed by atoms with Crippen molar-refractivity contribution in [1.29, 1.82) is 0 Å². The van der Waals surface area contributed by atoms with Crippen LogP contribution in [0.25, 0.3) is 0 Å². The number of carbonyl (C=O) groups excluding carboxylic acids is 1. The van der Waals surface area contributed by atoms with Crippen LogP contribution in [0.2, 0.25) is 0 Å². The Morgan fingerprint density at radius 3 is 2.59 bits per heavy atom. The third kappa shape index (κ3) is 4.23. The molecule has 1 rings (SSSR count). The molecule has 0 unspecified atom stereocenters. The first-order valence-corrected chi connectivity index (χ1v) is 6.04. The maximum Gasteiger partial charge on any atom is 0.417 e. The summed E-state index contributed by atoms with van der Waals surface area (Å²) in [5.41, 5.74) is -0.700. The molecular weight excluding hydrogens is 319 g/mol. The summed E-state index contributed by atoms with van der Waals surface area (Å²) in [6, 6.07) is 3.54. The number of benzene rings is 1. The summed E-state index contributed by atoms with van der Waals surface area (Å²) in [6.07, 6.45) is -4.30. The Morgan fingerprint density at radius 1 is 1.41 bits per heavy atom. The van der Waals surface area contributed by atoms with Gasteiger partial charge in [0.1, 0.15) is 0 Å². The summed E-state index contributed by atoms with van der Waals surface area (Å²) in [4.78, 5) is 11.2. The normalized spacial score (nSPS) is 11.4. The minimum atomic E-state index is -4.46. The zero-order valence-corrected chi connectivity index (χ0v) is 11.0. The van der Waals surface area contributed by atoms with E-state index in [9.17, 15) is 18.0 Å². The third-order valence-electron chi connectivity index (χ3n) is 1.89. The van der Waals surface area contributed by atoms with Crippen molar-refractivity contribution < 1.29 is 18.0 Å². The van der Waals surface area contributed by atoms with E-state index in [0.717, 1.165) is 6.07 Å². The standard InChI is InChI=1S/C10H9BrF3NOS/c11-8-2-1-6(15-9(16)3-4-17)5-7(8)10(12,13)14/h1-2,5,17H,3-4H2,(H,15,16). The Labute approximate surface area is 110 Å². The zero-order chi connectivity index (χ0) is 13.1. The van der Waals surface area contributed by atoms with Gasteiger partial charge in [-0.2, -0.15) is 25.8 Å². The topological polar surface area (TPSA) is 29.1 Å². The van der Waals surface area contributed by atoms with Crippen LogP contribution in [0.4, 0.5) is 18.9 Å². The van der Waals surface area contributed by atoms with Gasteiger partial charge >= 0.3 is 6.18 Å². The summed E-state index contributed by atoms with van der Waals surface area (Å²) < 4.78 is 37.6. The number of hydrogen-bond donors (Lipinski definition) is 2. The lowest BCUT2D eigenvalue weighted by Gasteiger charge is -2.11. The van der Waals surface area contributed by atoms with Crippen molar-refractivity contribution in [2.75, 3.05) is 11.1 Å². The first-order valence-electron chi connectivity index (χ1n) is 4.62. The van der Waals surface area contributed by atoms with Crippen LogP contribution in [0.5, 0.6) is 0 Å². The minimum Gasteiger partial charge on any atom is -0.326 e. The van der Waals surface area contributed by atoms with Crippen molar-refractivity contribution in [2.24, 2.45) is 0 Å². The second kappa shape index (κ2) is 5.77. The lowest BCUT2D eigenvalue weighted by atomic mass is 10.2. The SMILES string of the molecule is O=C(CCS)Nc1ccc(Br)c(C(F)(F)F)c1. The molecule has 0 spiro atoms. The fourth-order valence-electron chi connectivity index (χ4n) is 1.15. The number of hydrogen-bond acceptors (Lipinski definition) is 2. The summed E-state index contributed by atoms with van der Waals surface area (Å²) in [7, 11) is 0. The van der Waals surface area contributed by atoms with Gasteiger partial charge in [-0.1, -0.05) is 15.9 Å².